The van der Waals surface area contributed by atoms with Gasteiger partial charge in [0.2, 0.25) is 0 Å². The Morgan fingerprint density at radius 3 is 1.15 bits per heavy atom. The van der Waals surface area contributed by atoms with E-state index >= 15 is 0 Å². The minimum absolute atomic E-state index is 0.108. The SMILES string of the molecule is C1=CC(c2ccccc2)(N(c2ccccc2)c2ccc(-c3ccccc3)cc2)C=CC1c1cccc(-c2ccc(N(c3ccccc3)c3ccc(-c4ccccc4)cc3)cc2)c1. The molecule has 0 saturated carbocycles. The Morgan fingerprint density at radius 2 is 0.645 bits per heavy atom. The number of allylic oxidation sites excluding steroid dienone is 2. The minimum Gasteiger partial charge on any atom is -0.324 e. The van der Waals surface area contributed by atoms with Crippen LogP contribution in [0.3, 0.4) is 0 Å². The fourth-order valence-corrected chi connectivity index (χ4v) is 8.79. The Hall–Kier alpha value is -7.94. The van der Waals surface area contributed by atoms with Crippen molar-refractivity contribution >= 4 is 28.4 Å². The van der Waals surface area contributed by atoms with Crippen LogP contribution in [0, 0.1) is 0 Å². The van der Waals surface area contributed by atoms with E-state index in [1.54, 1.807) is 0 Å². The molecule has 9 aromatic carbocycles. The van der Waals surface area contributed by atoms with Crippen molar-refractivity contribution in [1.29, 1.82) is 0 Å². The van der Waals surface area contributed by atoms with Gasteiger partial charge in [0.05, 0.1) is 0 Å². The summed E-state index contributed by atoms with van der Waals surface area (Å²) in [5.74, 6) is 0.108. The number of hydrogen-bond acceptors (Lipinski definition) is 2. The van der Waals surface area contributed by atoms with E-state index in [4.69, 9.17) is 0 Å². The van der Waals surface area contributed by atoms with Crippen LogP contribution in [0.5, 0.6) is 0 Å². The molecule has 296 valence electrons. The third-order valence-electron chi connectivity index (χ3n) is 11.9. The van der Waals surface area contributed by atoms with Crippen molar-refractivity contribution < 1.29 is 0 Å². The van der Waals surface area contributed by atoms with Crippen molar-refractivity contribution in [2.24, 2.45) is 0 Å². The van der Waals surface area contributed by atoms with Crippen molar-refractivity contribution in [3.8, 4) is 33.4 Å². The molecule has 9 aromatic rings. The molecule has 0 aliphatic heterocycles. The molecule has 2 nitrogen and oxygen atoms in total. The summed E-state index contributed by atoms with van der Waals surface area (Å²) in [6, 6.07) is 89.1. The molecule has 0 radical (unpaired) electrons. The van der Waals surface area contributed by atoms with Crippen LogP contribution in [-0.4, -0.2) is 0 Å². The highest BCUT2D eigenvalue weighted by atomic mass is 15.2. The van der Waals surface area contributed by atoms with Gasteiger partial charge >= 0.3 is 0 Å². The van der Waals surface area contributed by atoms with Gasteiger partial charge in [0.15, 0.2) is 0 Å². The molecular weight excluding hydrogens is 749 g/mol. The second-order valence-electron chi connectivity index (χ2n) is 15.8. The predicted octanol–water partition coefficient (Wildman–Crippen LogP) is 16.1. The van der Waals surface area contributed by atoms with Crippen molar-refractivity contribution in [1.82, 2.24) is 0 Å². The normalized spacial score (nSPS) is 15.5. The van der Waals surface area contributed by atoms with Gasteiger partial charge in [0.1, 0.15) is 5.54 Å². The zero-order chi connectivity index (χ0) is 41.6. The van der Waals surface area contributed by atoms with E-state index in [-0.39, 0.29) is 5.92 Å². The second-order valence-corrected chi connectivity index (χ2v) is 15.8. The summed E-state index contributed by atoms with van der Waals surface area (Å²) in [6.45, 7) is 0. The predicted molar refractivity (Wildman–Crippen MR) is 262 cm³/mol. The second kappa shape index (κ2) is 17.3. The minimum atomic E-state index is -0.562. The van der Waals surface area contributed by atoms with E-state index in [1.807, 2.05) is 0 Å². The highest BCUT2D eigenvalue weighted by molar-refractivity contribution is 5.80. The van der Waals surface area contributed by atoms with Gasteiger partial charge in [-0.15, -0.1) is 0 Å². The molecule has 0 spiro atoms. The Bertz CT molecular complexity index is 2890. The van der Waals surface area contributed by atoms with E-state index in [0.717, 1.165) is 28.4 Å². The maximum absolute atomic E-state index is 2.47. The van der Waals surface area contributed by atoms with Crippen LogP contribution in [0.1, 0.15) is 17.0 Å². The number of benzene rings is 9. The van der Waals surface area contributed by atoms with Gasteiger partial charge in [-0.25, -0.2) is 0 Å². The molecular formula is C60H46N2. The lowest BCUT2D eigenvalue weighted by atomic mass is 9.79. The molecule has 0 amide bonds. The van der Waals surface area contributed by atoms with Gasteiger partial charge in [-0.3, -0.25) is 0 Å². The third kappa shape index (κ3) is 7.78. The molecule has 0 N–H and O–H groups in total. The molecule has 0 aromatic heterocycles. The fraction of sp³-hybridized carbons (Fsp3) is 0.0333. The maximum Gasteiger partial charge on any atom is 0.107 e. The smallest absolute Gasteiger partial charge is 0.107 e. The van der Waals surface area contributed by atoms with Crippen LogP contribution >= 0.6 is 0 Å². The molecule has 0 atom stereocenters. The summed E-state index contributed by atoms with van der Waals surface area (Å²) in [6.07, 6.45) is 9.56. The van der Waals surface area contributed by atoms with Crippen molar-refractivity contribution in [3.05, 3.63) is 284 Å². The first kappa shape index (κ1) is 38.3. The largest absolute Gasteiger partial charge is 0.324 e. The van der Waals surface area contributed by atoms with E-state index in [0.29, 0.717) is 0 Å². The Morgan fingerprint density at radius 1 is 0.290 bits per heavy atom. The number of para-hydroxylation sites is 2. The lowest BCUT2D eigenvalue weighted by Gasteiger charge is -2.44. The van der Waals surface area contributed by atoms with Crippen molar-refractivity contribution in [3.63, 3.8) is 0 Å². The Kier molecular flexibility index (Phi) is 10.7. The van der Waals surface area contributed by atoms with Crippen molar-refractivity contribution in [2.45, 2.75) is 11.5 Å². The quantitative estimate of drug-likeness (QED) is 0.120. The van der Waals surface area contributed by atoms with Crippen molar-refractivity contribution in [2.75, 3.05) is 9.80 Å². The van der Waals surface area contributed by atoms with Gasteiger partial charge < -0.3 is 9.80 Å². The van der Waals surface area contributed by atoms with E-state index in [2.05, 4.69) is 283 Å². The van der Waals surface area contributed by atoms with Gasteiger partial charge in [0, 0.05) is 34.4 Å². The van der Waals surface area contributed by atoms with Gasteiger partial charge in [-0.2, -0.15) is 0 Å². The van der Waals surface area contributed by atoms with Gasteiger partial charge in [-0.05, 0) is 105 Å². The molecule has 0 unspecified atom stereocenters. The maximum atomic E-state index is 2.47. The summed E-state index contributed by atoms with van der Waals surface area (Å²) in [7, 11) is 0. The van der Waals surface area contributed by atoms with E-state index in [9.17, 15) is 0 Å². The number of hydrogen-bond donors (Lipinski definition) is 0. The molecule has 0 heterocycles. The zero-order valence-corrected chi connectivity index (χ0v) is 34.5. The van der Waals surface area contributed by atoms with Crippen LogP contribution in [0.4, 0.5) is 28.4 Å². The summed E-state index contributed by atoms with van der Waals surface area (Å²) in [5.41, 5.74) is 14.7. The molecule has 1 aliphatic carbocycles. The number of rotatable bonds is 11. The number of nitrogens with zero attached hydrogens (tertiary/aromatic N) is 2. The molecule has 0 saturated heterocycles. The summed E-state index contributed by atoms with van der Waals surface area (Å²) in [5, 5.41) is 0. The summed E-state index contributed by atoms with van der Waals surface area (Å²) < 4.78 is 0. The Labute approximate surface area is 365 Å². The zero-order valence-electron chi connectivity index (χ0n) is 34.5. The average molecular weight is 795 g/mol. The standard InChI is InChI=1S/C60H46N2/c1-6-17-46(18-7-1)48-29-35-56(36-30-48)61(55-25-12-4-13-26-55)57-37-31-50(32-38-57)52-21-16-22-53(45-52)51-41-43-60(44-42-51,54-23-10-3-11-24-54)62(58-27-14-5-15-28-58)59-39-33-49(34-40-59)47-19-8-2-9-20-47/h1-45,51H. The summed E-state index contributed by atoms with van der Waals surface area (Å²) >= 11 is 0. The molecule has 10 rings (SSSR count). The topological polar surface area (TPSA) is 6.48 Å². The molecule has 0 bridgehead atoms. The van der Waals surface area contributed by atoms with Crippen LogP contribution < -0.4 is 9.80 Å². The fourth-order valence-electron chi connectivity index (χ4n) is 8.79. The monoisotopic (exact) mass is 794 g/mol. The van der Waals surface area contributed by atoms with E-state index in [1.165, 1.54) is 44.5 Å². The first-order valence-corrected chi connectivity index (χ1v) is 21.4. The average Bonchev–Trinajstić information content (AvgIpc) is 3.36. The lowest BCUT2D eigenvalue weighted by Crippen LogP contribution is -2.41. The molecule has 2 heteroatoms. The molecule has 1 aliphatic rings. The first-order valence-electron chi connectivity index (χ1n) is 21.4. The van der Waals surface area contributed by atoms with Gasteiger partial charge in [0.25, 0.3) is 0 Å². The van der Waals surface area contributed by atoms with Crippen LogP contribution in [0.2, 0.25) is 0 Å². The van der Waals surface area contributed by atoms with Crippen LogP contribution in [0.15, 0.2) is 273 Å². The van der Waals surface area contributed by atoms with E-state index < -0.39 is 5.54 Å². The molecule has 0 fully saturated rings. The van der Waals surface area contributed by atoms with Crippen LogP contribution in [-0.2, 0) is 5.54 Å². The van der Waals surface area contributed by atoms with Crippen LogP contribution in [0.25, 0.3) is 33.4 Å². The first-order chi connectivity index (χ1) is 30.7. The number of anilines is 5. The van der Waals surface area contributed by atoms with Gasteiger partial charge in [-0.1, -0.05) is 212 Å². The third-order valence-corrected chi connectivity index (χ3v) is 11.9. The lowest BCUT2D eigenvalue weighted by molar-refractivity contribution is 0.661. The summed E-state index contributed by atoms with van der Waals surface area (Å²) in [4.78, 5) is 4.79. The molecule has 62 heavy (non-hydrogen) atoms. The highest BCUT2D eigenvalue weighted by Gasteiger charge is 2.37. The Balaban J connectivity index is 0.957. The highest BCUT2D eigenvalue weighted by Crippen LogP contribution is 2.46.